The number of amides is 2. The van der Waals surface area contributed by atoms with Crippen LogP contribution >= 0.6 is 24.0 Å². The van der Waals surface area contributed by atoms with Gasteiger partial charge in [0.1, 0.15) is 0 Å². The number of hydrogen-bond acceptors (Lipinski definition) is 4. The average molecular weight is 561 g/mol. The van der Waals surface area contributed by atoms with Crippen LogP contribution in [0, 0.1) is 5.92 Å². The topological polar surface area (TPSA) is 90.0 Å². The molecular formula is C23H41IN6O2. The number of urea groups is 1. The lowest BCUT2D eigenvalue weighted by atomic mass is 10.0. The highest BCUT2D eigenvalue weighted by Crippen LogP contribution is 2.13. The third-order valence-corrected chi connectivity index (χ3v) is 5.13. The second kappa shape index (κ2) is 15.3. The minimum absolute atomic E-state index is 0. The number of carbonyl (C=O) groups excluding carboxylic acids is 1. The SMILES string of the molecule is CN=C(NCc1ccc(NC(=O)NC(C)C)cc1)NCC(CC(C)C)N1CCOCC1.I. The third-order valence-electron chi connectivity index (χ3n) is 5.13. The molecule has 0 radical (unpaired) electrons. The van der Waals surface area contributed by atoms with Gasteiger partial charge in [-0.05, 0) is 43.9 Å². The molecule has 1 atom stereocenters. The molecule has 9 heteroatoms. The predicted octanol–water partition coefficient (Wildman–Crippen LogP) is 3.25. The van der Waals surface area contributed by atoms with Crippen LogP contribution in [-0.4, -0.2) is 68.9 Å². The second-order valence-corrected chi connectivity index (χ2v) is 8.69. The summed E-state index contributed by atoms with van der Waals surface area (Å²) in [6.45, 7) is 13.5. The van der Waals surface area contributed by atoms with E-state index >= 15 is 0 Å². The molecule has 0 saturated carbocycles. The van der Waals surface area contributed by atoms with Gasteiger partial charge in [-0.1, -0.05) is 26.0 Å². The Morgan fingerprint density at radius 3 is 2.31 bits per heavy atom. The molecule has 182 valence electrons. The van der Waals surface area contributed by atoms with Crippen LogP contribution in [0.2, 0.25) is 0 Å². The molecule has 2 amide bonds. The van der Waals surface area contributed by atoms with Crippen molar-refractivity contribution in [1.82, 2.24) is 20.9 Å². The van der Waals surface area contributed by atoms with Gasteiger partial charge in [0.15, 0.2) is 5.96 Å². The van der Waals surface area contributed by atoms with E-state index in [0.717, 1.165) is 56.5 Å². The van der Waals surface area contributed by atoms with Crippen LogP contribution in [0.5, 0.6) is 0 Å². The number of nitrogens with zero attached hydrogens (tertiary/aromatic N) is 2. The average Bonchev–Trinajstić information content (AvgIpc) is 2.73. The van der Waals surface area contributed by atoms with Gasteiger partial charge in [-0.3, -0.25) is 9.89 Å². The van der Waals surface area contributed by atoms with Crippen molar-refractivity contribution >= 4 is 41.7 Å². The molecular weight excluding hydrogens is 519 g/mol. The minimum atomic E-state index is -0.193. The van der Waals surface area contributed by atoms with Crippen LogP contribution in [0.1, 0.15) is 39.7 Å². The number of ether oxygens (including phenoxy) is 1. The second-order valence-electron chi connectivity index (χ2n) is 8.69. The van der Waals surface area contributed by atoms with Gasteiger partial charge < -0.3 is 26.0 Å². The molecule has 4 N–H and O–H groups in total. The van der Waals surface area contributed by atoms with Gasteiger partial charge in [0.25, 0.3) is 0 Å². The minimum Gasteiger partial charge on any atom is -0.379 e. The molecule has 32 heavy (non-hydrogen) atoms. The summed E-state index contributed by atoms with van der Waals surface area (Å²) in [6, 6.07) is 8.19. The Hall–Kier alpha value is -1.59. The first-order valence-electron chi connectivity index (χ1n) is 11.3. The van der Waals surface area contributed by atoms with E-state index in [4.69, 9.17) is 4.74 Å². The van der Waals surface area contributed by atoms with Crippen molar-refractivity contribution in [2.75, 3.05) is 45.2 Å². The highest BCUT2D eigenvalue weighted by molar-refractivity contribution is 14.0. The van der Waals surface area contributed by atoms with E-state index < -0.39 is 0 Å². The van der Waals surface area contributed by atoms with Gasteiger partial charge >= 0.3 is 6.03 Å². The van der Waals surface area contributed by atoms with Gasteiger partial charge in [-0.15, -0.1) is 24.0 Å². The highest BCUT2D eigenvalue weighted by Gasteiger charge is 2.22. The first-order valence-corrected chi connectivity index (χ1v) is 11.3. The third kappa shape index (κ3) is 10.8. The normalized spacial score (nSPS) is 15.8. The molecule has 1 unspecified atom stereocenters. The Morgan fingerprint density at radius 1 is 1.09 bits per heavy atom. The molecule has 1 aromatic carbocycles. The summed E-state index contributed by atoms with van der Waals surface area (Å²) in [6.07, 6.45) is 1.14. The number of rotatable bonds is 9. The van der Waals surface area contributed by atoms with E-state index in [1.165, 1.54) is 0 Å². The summed E-state index contributed by atoms with van der Waals surface area (Å²) in [5.74, 6) is 1.43. The van der Waals surface area contributed by atoms with Crippen LogP contribution in [0.3, 0.4) is 0 Å². The lowest BCUT2D eigenvalue weighted by Crippen LogP contribution is -2.50. The van der Waals surface area contributed by atoms with E-state index in [-0.39, 0.29) is 36.0 Å². The van der Waals surface area contributed by atoms with E-state index in [9.17, 15) is 4.79 Å². The molecule has 1 aliphatic heterocycles. The number of hydrogen-bond donors (Lipinski definition) is 4. The summed E-state index contributed by atoms with van der Waals surface area (Å²) < 4.78 is 5.51. The predicted molar refractivity (Wildman–Crippen MR) is 143 cm³/mol. The Morgan fingerprint density at radius 2 is 1.75 bits per heavy atom. The molecule has 1 saturated heterocycles. The Balaban J connectivity index is 0.00000512. The maximum Gasteiger partial charge on any atom is 0.319 e. The number of aliphatic imine (C=N–C) groups is 1. The molecule has 1 aliphatic rings. The van der Waals surface area contributed by atoms with E-state index in [1.54, 1.807) is 7.05 Å². The Kier molecular flexibility index (Phi) is 13.6. The van der Waals surface area contributed by atoms with Crippen molar-refractivity contribution in [2.45, 2.75) is 52.7 Å². The number of morpholine rings is 1. The zero-order valence-corrected chi connectivity index (χ0v) is 22.4. The van der Waals surface area contributed by atoms with Crippen molar-refractivity contribution in [2.24, 2.45) is 10.9 Å². The van der Waals surface area contributed by atoms with Crippen LogP contribution < -0.4 is 21.3 Å². The molecule has 1 heterocycles. The number of carbonyl (C=O) groups is 1. The first kappa shape index (κ1) is 28.4. The van der Waals surface area contributed by atoms with Crippen LogP contribution in [0.15, 0.2) is 29.3 Å². The van der Waals surface area contributed by atoms with Crippen LogP contribution in [0.25, 0.3) is 0 Å². The fourth-order valence-electron chi connectivity index (χ4n) is 3.60. The molecule has 1 fully saturated rings. The van der Waals surface area contributed by atoms with Gasteiger partial charge in [0.2, 0.25) is 0 Å². The quantitative estimate of drug-likeness (QED) is 0.212. The van der Waals surface area contributed by atoms with E-state index in [2.05, 4.69) is 45.0 Å². The van der Waals surface area contributed by atoms with Gasteiger partial charge in [-0.2, -0.15) is 0 Å². The standard InChI is InChI=1S/C23H40N6O2.HI/c1-17(2)14-21(29-10-12-31-13-11-29)16-26-22(24-5)25-15-19-6-8-20(9-7-19)28-23(30)27-18(3)4;/h6-9,17-18,21H,10-16H2,1-5H3,(H2,24,25,26)(H2,27,28,30);1H. The zero-order valence-electron chi connectivity index (χ0n) is 20.1. The lowest BCUT2D eigenvalue weighted by Gasteiger charge is -2.35. The number of benzene rings is 1. The molecule has 0 bridgehead atoms. The maximum atomic E-state index is 11.8. The van der Waals surface area contributed by atoms with Crippen molar-refractivity contribution in [3.8, 4) is 0 Å². The summed E-state index contributed by atoms with van der Waals surface area (Å²) in [5, 5.41) is 12.5. The maximum absolute atomic E-state index is 11.8. The summed E-state index contributed by atoms with van der Waals surface area (Å²) in [4.78, 5) is 18.7. The molecule has 8 nitrogen and oxygen atoms in total. The fraction of sp³-hybridized carbons (Fsp3) is 0.652. The molecule has 1 aromatic rings. The lowest BCUT2D eigenvalue weighted by molar-refractivity contribution is 0.0132. The van der Waals surface area contributed by atoms with E-state index in [1.807, 2.05) is 38.1 Å². The molecule has 2 rings (SSSR count). The monoisotopic (exact) mass is 560 g/mol. The van der Waals surface area contributed by atoms with Gasteiger partial charge in [-0.25, -0.2) is 4.79 Å². The number of nitrogens with one attached hydrogen (secondary N) is 4. The van der Waals surface area contributed by atoms with E-state index in [0.29, 0.717) is 18.5 Å². The summed E-state index contributed by atoms with van der Waals surface area (Å²) in [7, 11) is 1.79. The molecule has 0 aliphatic carbocycles. The molecule has 0 spiro atoms. The van der Waals surface area contributed by atoms with Gasteiger partial charge in [0.05, 0.1) is 13.2 Å². The van der Waals surface area contributed by atoms with Gasteiger partial charge in [0, 0.05) is 51.0 Å². The summed E-state index contributed by atoms with van der Waals surface area (Å²) in [5.41, 5.74) is 1.89. The number of halogens is 1. The van der Waals surface area contributed by atoms with Crippen molar-refractivity contribution in [3.63, 3.8) is 0 Å². The number of anilines is 1. The smallest absolute Gasteiger partial charge is 0.319 e. The number of guanidine groups is 1. The highest BCUT2D eigenvalue weighted by atomic mass is 127. The Labute approximate surface area is 210 Å². The van der Waals surface area contributed by atoms with Crippen molar-refractivity contribution < 1.29 is 9.53 Å². The van der Waals surface area contributed by atoms with Crippen molar-refractivity contribution in [3.05, 3.63) is 29.8 Å². The zero-order chi connectivity index (χ0) is 22.6. The fourth-order valence-corrected chi connectivity index (χ4v) is 3.60. The summed E-state index contributed by atoms with van der Waals surface area (Å²) >= 11 is 0. The van der Waals surface area contributed by atoms with Crippen LogP contribution in [0.4, 0.5) is 10.5 Å². The first-order chi connectivity index (χ1) is 14.9. The van der Waals surface area contributed by atoms with Crippen molar-refractivity contribution in [1.29, 1.82) is 0 Å². The molecule has 0 aromatic heterocycles. The Bertz CT molecular complexity index is 690. The largest absolute Gasteiger partial charge is 0.379 e. The van der Waals surface area contributed by atoms with Crippen LogP contribution in [-0.2, 0) is 11.3 Å².